The molecule has 37 heavy (non-hydrogen) atoms. The molecule has 3 aromatic heterocycles. The zero-order valence-electron chi connectivity index (χ0n) is 21.6. The van der Waals surface area contributed by atoms with E-state index in [-0.39, 0.29) is 12.0 Å². The lowest BCUT2D eigenvalue weighted by molar-refractivity contribution is -0.100. The van der Waals surface area contributed by atoms with Crippen LogP contribution in [0, 0.1) is 5.41 Å². The van der Waals surface area contributed by atoms with Crippen molar-refractivity contribution in [1.82, 2.24) is 19.9 Å². The molecule has 0 radical (unpaired) electrons. The number of hydrogen-bond acceptors (Lipinski definition) is 9. The van der Waals surface area contributed by atoms with E-state index in [1.54, 1.807) is 17.2 Å². The van der Waals surface area contributed by atoms with E-state index in [9.17, 15) is 9.50 Å². The second kappa shape index (κ2) is 9.02. The standard InChI is InChI=1S/C27H34FN7O2/c1-17-5-9-35(17)24-20-13-30-23(10-19(20)18(12-31-24)11-26(2)15-37-16-26)32-22-4-7-29-25(33-22)34-8-6-21(36)27(3,28)14-34/h4,7,10,12-13,17,21,36H,5-6,8-9,11,14-16H2,1-3H3,(H,29,30,32,33)/t17-,21+,27-/m0/s1. The fraction of sp³-hybridized carbons (Fsp3) is 0.556. The van der Waals surface area contributed by atoms with E-state index in [4.69, 9.17) is 14.7 Å². The van der Waals surface area contributed by atoms with Gasteiger partial charge in [0.2, 0.25) is 5.95 Å². The number of anilines is 4. The van der Waals surface area contributed by atoms with Gasteiger partial charge in [0.05, 0.1) is 25.9 Å². The minimum Gasteiger partial charge on any atom is -0.390 e. The van der Waals surface area contributed by atoms with Crippen molar-refractivity contribution in [3.05, 3.63) is 36.3 Å². The van der Waals surface area contributed by atoms with Gasteiger partial charge in [-0.3, -0.25) is 0 Å². The van der Waals surface area contributed by atoms with E-state index in [2.05, 4.69) is 40.1 Å². The second-order valence-corrected chi connectivity index (χ2v) is 11.4. The summed E-state index contributed by atoms with van der Waals surface area (Å²) in [5, 5.41) is 15.5. The van der Waals surface area contributed by atoms with Crippen LogP contribution in [-0.4, -0.2) is 75.7 Å². The summed E-state index contributed by atoms with van der Waals surface area (Å²) in [7, 11) is 0. The third-order valence-electron chi connectivity index (χ3n) is 7.99. The van der Waals surface area contributed by atoms with Gasteiger partial charge in [-0.05, 0) is 56.2 Å². The molecule has 2 N–H and O–H groups in total. The van der Waals surface area contributed by atoms with Crippen LogP contribution in [0.3, 0.4) is 0 Å². The Morgan fingerprint density at radius 3 is 2.62 bits per heavy atom. The van der Waals surface area contributed by atoms with Gasteiger partial charge in [0, 0.05) is 48.5 Å². The zero-order valence-corrected chi connectivity index (χ0v) is 21.6. The molecule has 6 heterocycles. The summed E-state index contributed by atoms with van der Waals surface area (Å²) in [6.45, 7) is 8.94. The molecule has 9 nitrogen and oxygen atoms in total. The highest BCUT2D eigenvalue weighted by Gasteiger charge is 2.40. The van der Waals surface area contributed by atoms with Gasteiger partial charge in [-0.1, -0.05) is 6.92 Å². The van der Waals surface area contributed by atoms with Crippen LogP contribution in [0.15, 0.2) is 30.7 Å². The Morgan fingerprint density at radius 2 is 1.95 bits per heavy atom. The highest BCUT2D eigenvalue weighted by Crippen LogP contribution is 2.38. The SMILES string of the molecule is C[C@H]1CCN1c1ncc(CC2(C)COC2)c2cc(Nc3ccnc(N4CC[C@@H](O)[C@@](C)(F)C4)n3)ncc12. The first-order valence-corrected chi connectivity index (χ1v) is 13.0. The molecule has 3 aliphatic heterocycles. The van der Waals surface area contributed by atoms with Crippen LogP contribution in [-0.2, 0) is 11.2 Å². The summed E-state index contributed by atoms with van der Waals surface area (Å²) >= 11 is 0. The van der Waals surface area contributed by atoms with Gasteiger partial charge in [0.15, 0.2) is 5.67 Å². The average Bonchev–Trinajstić information content (AvgIpc) is 2.85. The first-order valence-electron chi connectivity index (χ1n) is 13.0. The molecule has 3 fully saturated rings. The molecule has 3 aromatic rings. The van der Waals surface area contributed by atoms with Gasteiger partial charge < -0.3 is 25.0 Å². The van der Waals surface area contributed by atoms with E-state index in [1.165, 1.54) is 18.9 Å². The van der Waals surface area contributed by atoms with Crippen molar-refractivity contribution >= 4 is 34.2 Å². The number of aliphatic hydroxyl groups excluding tert-OH is 1. The summed E-state index contributed by atoms with van der Waals surface area (Å²) in [6, 6.07) is 4.32. The average molecular weight is 508 g/mol. The lowest BCUT2D eigenvalue weighted by atomic mass is 9.81. The van der Waals surface area contributed by atoms with Crippen LogP contribution in [0.1, 0.15) is 39.2 Å². The molecule has 3 atom stereocenters. The van der Waals surface area contributed by atoms with E-state index >= 15 is 0 Å². The number of hydrogen-bond donors (Lipinski definition) is 2. The van der Waals surface area contributed by atoms with Crippen LogP contribution in [0.5, 0.6) is 0 Å². The van der Waals surface area contributed by atoms with Crippen molar-refractivity contribution in [2.24, 2.45) is 5.41 Å². The van der Waals surface area contributed by atoms with Crippen molar-refractivity contribution in [1.29, 1.82) is 0 Å². The Morgan fingerprint density at radius 1 is 1.11 bits per heavy atom. The summed E-state index contributed by atoms with van der Waals surface area (Å²) < 4.78 is 20.2. The number of alkyl halides is 1. The smallest absolute Gasteiger partial charge is 0.227 e. The minimum atomic E-state index is -1.71. The molecule has 196 valence electrons. The molecule has 3 saturated heterocycles. The Balaban J connectivity index is 1.30. The normalized spacial score (nSPS) is 27.1. The molecule has 0 spiro atoms. The monoisotopic (exact) mass is 507 g/mol. The van der Waals surface area contributed by atoms with Crippen LogP contribution in [0.4, 0.5) is 27.8 Å². The molecule has 6 rings (SSSR count). The molecule has 0 amide bonds. The number of halogens is 1. The molecular weight excluding hydrogens is 473 g/mol. The van der Waals surface area contributed by atoms with E-state index < -0.39 is 11.8 Å². The summed E-state index contributed by atoms with van der Waals surface area (Å²) in [5.41, 5.74) is -0.407. The van der Waals surface area contributed by atoms with Crippen LogP contribution >= 0.6 is 0 Å². The molecule has 0 aromatic carbocycles. The predicted molar refractivity (Wildman–Crippen MR) is 141 cm³/mol. The number of nitrogens with one attached hydrogen (secondary N) is 1. The quantitative estimate of drug-likeness (QED) is 0.518. The van der Waals surface area contributed by atoms with Crippen molar-refractivity contribution < 1.29 is 14.2 Å². The van der Waals surface area contributed by atoms with E-state index in [1.807, 2.05) is 12.4 Å². The maximum atomic E-state index is 14.7. The van der Waals surface area contributed by atoms with Crippen LogP contribution < -0.4 is 15.1 Å². The fourth-order valence-corrected chi connectivity index (χ4v) is 5.47. The highest BCUT2D eigenvalue weighted by atomic mass is 19.1. The first kappa shape index (κ1) is 24.2. The molecule has 0 bridgehead atoms. The second-order valence-electron chi connectivity index (χ2n) is 11.4. The number of nitrogens with zero attached hydrogens (tertiary/aromatic N) is 6. The third kappa shape index (κ3) is 4.57. The highest BCUT2D eigenvalue weighted by molar-refractivity contribution is 5.95. The molecular formula is C27H34FN7O2. The first-order chi connectivity index (χ1) is 17.7. The zero-order chi connectivity index (χ0) is 25.8. The maximum absolute atomic E-state index is 14.7. The Labute approximate surface area is 216 Å². The number of ether oxygens (including phenoxy) is 1. The third-order valence-corrected chi connectivity index (χ3v) is 7.99. The largest absolute Gasteiger partial charge is 0.390 e. The number of piperidine rings is 1. The van der Waals surface area contributed by atoms with Gasteiger partial charge in [-0.25, -0.2) is 19.3 Å². The van der Waals surface area contributed by atoms with Crippen LogP contribution in [0.2, 0.25) is 0 Å². The Bertz CT molecular complexity index is 1320. The molecule has 0 saturated carbocycles. The molecule has 0 aliphatic carbocycles. The summed E-state index contributed by atoms with van der Waals surface area (Å²) in [4.78, 5) is 22.7. The fourth-order valence-electron chi connectivity index (χ4n) is 5.47. The lowest BCUT2D eigenvalue weighted by Gasteiger charge is -2.41. The van der Waals surface area contributed by atoms with E-state index in [0.717, 1.165) is 42.8 Å². The number of aliphatic hydroxyl groups is 1. The van der Waals surface area contributed by atoms with E-state index in [0.29, 0.717) is 36.6 Å². The number of aromatic nitrogens is 4. The van der Waals surface area contributed by atoms with Crippen LogP contribution in [0.25, 0.3) is 10.8 Å². The van der Waals surface area contributed by atoms with Gasteiger partial charge in [0.25, 0.3) is 0 Å². The Hall–Kier alpha value is -3.11. The van der Waals surface area contributed by atoms with Crippen molar-refractivity contribution in [2.75, 3.05) is 48.0 Å². The lowest BCUT2D eigenvalue weighted by Crippen LogP contribution is -2.52. The van der Waals surface area contributed by atoms with Gasteiger partial charge in [-0.15, -0.1) is 0 Å². The van der Waals surface area contributed by atoms with Crippen molar-refractivity contribution in [2.45, 2.75) is 57.8 Å². The molecule has 0 unspecified atom stereocenters. The van der Waals surface area contributed by atoms with Crippen molar-refractivity contribution in [3.63, 3.8) is 0 Å². The van der Waals surface area contributed by atoms with Gasteiger partial charge >= 0.3 is 0 Å². The predicted octanol–water partition coefficient (Wildman–Crippen LogP) is 3.64. The van der Waals surface area contributed by atoms with Gasteiger partial charge in [-0.2, -0.15) is 4.98 Å². The molecule has 10 heteroatoms. The minimum absolute atomic E-state index is 0.0440. The molecule has 3 aliphatic rings. The van der Waals surface area contributed by atoms with Crippen molar-refractivity contribution in [3.8, 4) is 0 Å². The number of fused-ring (bicyclic) bond motifs is 1. The number of rotatable bonds is 6. The summed E-state index contributed by atoms with van der Waals surface area (Å²) in [5.74, 6) is 2.66. The summed E-state index contributed by atoms with van der Waals surface area (Å²) in [6.07, 6.45) is 6.97. The van der Waals surface area contributed by atoms with Gasteiger partial charge in [0.1, 0.15) is 17.5 Å². The maximum Gasteiger partial charge on any atom is 0.227 e. The topological polar surface area (TPSA) is 99.5 Å². The number of pyridine rings is 2. The Kier molecular flexibility index (Phi) is 5.91.